The zero-order chi connectivity index (χ0) is 22.2. The van der Waals surface area contributed by atoms with Crippen molar-refractivity contribution in [1.82, 2.24) is 10.2 Å². The quantitative estimate of drug-likeness (QED) is 0.500. The van der Waals surface area contributed by atoms with Crippen LogP contribution in [0.2, 0.25) is 0 Å². The van der Waals surface area contributed by atoms with Crippen molar-refractivity contribution in [2.24, 2.45) is 0 Å². The van der Waals surface area contributed by atoms with E-state index >= 15 is 0 Å². The van der Waals surface area contributed by atoms with Crippen molar-refractivity contribution >= 4 is 18.0 Å². The second kappa shape index (κ2) is 10.4. The van der Waals surface area contributed by atoms with Gasteiger partial charge in [0.1, 0.15) is 0 Å². The fraction of sp³-hybridized carbons (Fsp3) is 0.185. The summed E-state index contributed by atoms with van der Waals surface area (Å²) in [6.07, 6.45) is 3.19. The molecule has 0 aliphatic rings. The second-order valence-corrected chi connectivity index (χ2v) is 7.62. The molecular weight excluding hydrogens is 384 g/mol. The van der Waals surface area contributed by atoms with Crippen LogP contribution in [0.4, 0.5) is 4.79 Å². The van der Waals surface area contributed by atoms with Gasteiger partial charge in [-0.2, -0.15) is 0 Å². The third-order valence-electron chi connectivity index (χ3n) is 5.26. The van der Waals surface area contributed by atoms with Crippen LogP contribution in [0.5, 0.6) is 0 Å². The Bertz CT molecular complexity index is 1030. The van der Waals surface area contributed by atoms with E-state index in [0.717, 1.165) is 22.3 Å². The van der Waals surface area contributed by atoms with Crippen molar-refractivity contribution in [2.75, 3.05) is 0 Å². The smallest absolute Gasteiger partial charge is 0.325 e. The van der Waals surface area contributed by atoms with Gasteiger partial charge in [0.25, 0.3) is 5.91 Å². The highest BCUT2D eigenvalue weighted by Crippen LogP contribution is 2.22. The van der Waals surface area contributed by atoms with Crippen LogP contribution in [-0.2, 0) is 4.79 Å². The molecule has 0 unspecified atom stereocenters. The maximum atomic E-state index is 13.2. The summed E-state index contributed by atoms with van der Waals surface area (Å²) in [4.78, 5) is 27.6. The molecule has 2 atom stereocenters. The fourth-order valence-electron chi connectivity index (χ4n) is 3.35. The lowest BCUT2D eigenvalue weighted by Crippen LogP contribution is -2.45. The summed E-state index contributed by atoms with van der Waals surface area (Å²) >= 11 is 0. The van der Waals surface area contributed by atoms with Gasteiger partial charge in [0, 0.05) is 6.08 Å². The van der Waals surface area contributed by atoms with Crippen LogP contribution in [0.25, 0.3) is 6.08 Å². The molecule has 3 aromatic carbocycles. The van der Waals surface area contributed by atoms with E-state index < -0.39 is 12.1 Å². The van der Waals surface area contributed by atoms with E-state index in [0.29, 0.717) is 0 Å². The lowest BCUT2D eigenvalue weighted by atomic mass is 10.1. The number of imide groups is 1. The van der Waals surface area contributed by atoms with Crippen molar-refractivity contribution in [2.45, 2.75) is 32.9 Å². The lowest BCUT2D eigenvalue weighted by molar-refractivity contribution is -0.124. The van der Waals surface area contributed by atoms with E-state index in [2.05, 4.69) is 5.32 Å². The van der Waals surface area contributed by atoms with E-state index in [1.165, 1.54) is 11.0 Å². The summed E-state index contributed by atoms with van der Waals surface area (Å²) in [6.45, 7) is 5.78. The van der Waals surface area contributed by atoms with Gasteiger partial charge in [0.05, 0.1) is 12.1 Å². The van der Waals surface area contributed by atoms with E-state index in [-0.39, 0.29) is 11.9 Å². The molecule has 0 bridgehead atoms. The molecular formula is C27H28N2O2. The first kappa shape index (κ1) is 22.0. The number of hydrogen-bond acceptors (Lipinski definition) is 2. The summed E-state index contributed by atoms with van der Waals surface area (Å²) in [6, 6.07) is 26.1. The lowest BCUT2D eigenvalue weighted by Gasteiger charge is -2.28. The molecule has 0 aliphatic heterocycles. The Labute approximate surface area is 184 Å². The number of amides is 3. The number of nitrogens with zero attached hydrogens (tertiary/aromatic N) is 1. The average Bonchev–Trinajstić information content (AvgIpc) is 2.80. The number of carbonyl (C=O) groups excluding carboxylic acids is 2. The first-order valence-electron chi connectivity index (χ1n) is 10.4. The molecule has 3 rings (SSSR count). The third kappa shape index (κ3) is 5.92. The molecule has 0 spiro atoms. The summed E-state index contributed by atoms with van der Waals surface area (Å²) in [5, 5.41) is 2.97. The van der Waals surface area contributed by atoms with Gasteiger partial charge in [-0.3, -0.25) is 9.69 Å². The number of nitrogens with one attached hydrogen (secondary N) is 1. The molecule has 3 aromatic rings. The fourth-order valence-corrected chi connectivity index (χ4v) is 3.35. The summed E-state index contributed by atoms with van der Waals surface area (Å²) < 4.78 is 0. The van der Waals surface area contributed by atoms with E-state index in [9.17, 15) is 9.59 Å². The van der Waals surface area contributed by atoms with Crippen molar-refractivity contribution in [1.29, 1.82) is 0 Å². The Morgan fingerprint density at radius 3 is 1.94 bits per heavy atom. The molecule has 3 amide bonds. The maximum Gasteiger partial charge on any atom is 0.325 e. The minimum Gasteiger partial charge on any atom is -0.331 e. The summed E-state index contributed by atoms with van der Waals surface area (Å²) in [5.41, 5.74) is 3.93. The molecule has 31 heavy (non-hydrogen) atoms. The Morgan fingerprint density at radius 1 is 0.806 bits per heavy atom. The summed E-state index contributed by atoms with van der Waals surface area (Å²) in [7, 11) is 0. The predicted molar refractivity (Wildman–Crippen MR) is 125 cm³/mol. The molecule has 0 radical (unpaired) electrons. The van der Waals surface area contributed by atoms with Crippen molar-refractivity contribution in [3.05, 3.63) is 113 Å². The number of rotatable bonds is 6. The first-order chi connectivity index (χ1) is 15.0. The minimum absolute atomic E-state index is 0.229. The number of benzene rings is 3. The van der Waals surface area contributed by atoms with E-state index in [4.69, 9.17) is 0 Å². The normalized spacial score (nSPS) is 12.9. The molecule has 0 aromatic heterocycles. The Balaban J connectivity index is 1.84. The van der Waals surface area contributed by atoms with Gasteiger partial charge in [0.2, 0.25) is 0 Å². The second-order valence-electron chi connectivity index (χ2n) is 7.62. The van der Waals surface area contributed by atoms with Crippen LogP contribution in [0, 0.1) is 6.92 Å². The molecule has 0 saturated carbocycles. The molecule has 0 heterocycles. The van der Waals surface area contributed by atoms with Crippen molar-refractivity contribution in [3.63, 3.8) is 0 Å². The molecule has 4 nitrogen and oxygen atoms in total. The first-order valence-corrected chi connectivity index (χ1v) is 10.4. The maximum absolute atomic E-state index is 13.2. The van der Waals surface area contributed by atoms with Gasteiger partial charge >= 0.3 is 6.03 Å². The molecule has 0 aliphatic carbocycles. The molecule has 4 heteroatoms. The Hall–Kier alpha value is -3.66. The zero-order valence-corrected chi connectivity index (χ0v) is 18.2. The Kier molecular flexibility index (Phi) is 7.39. The van der Waals surface area contributed by atoms with Crippen LogP contribution in [-0.4, -0.2) is 16.8 Å². The molecule has 158 valence electrons. The van der Waals surface area contributed by atoms with E-state index in [1.54, 1.807) is 6.08 Å². The van der Waals surface area contributed by atoms with Gasteiger partial charge in [-0.25, -0.2) is 4.79 Å². The van der Waals surface area contributed by atoms with Crippen molar-refractivity contribution < 1.29 is 9.59 Å². The largest absolute Gasteiger partial charge is 0.331 e. The highest BCUT2D eigenvalue weighted by atomic mass is 16.2. The van der Waals surface area contributed by atoms with Crippen LogP contribution in [0.1, 0.15) is 48.2 Å². The van der Waals surface area contributed by atoms with Crippen LogP contribution >= 0.6 is 0 Å². The van der Waals surface area contributed by atoms with Gasteiger partial charge in [-0.15, -0.1) is 0 Å². The minimum atomic E-state index is -0.425. The van der Waals surface area contributed by atoms with Gasteiger partial charge in [-0.1, -0.05) is 90.5 Å². The van der Waals surface area contributed by atoms with E-state index in [1.807, 2.05) is 106 Å². The van der Waals surface area contributed by atoms with Gasteiger partial charge in [-0.05, 0) is 43.5 Å². The van der Waals surface area contributed by atoms with Crippen LogP contribution in [0.15, 0.2) is 91.0 Å². The molecule has 0 fully saturated rings. The number of aryl methyl sites for hydroxylation is 1. The van der Waals surface area contributed by atoms with Crippen LogP contribution in [0.3, 0.4) is 0 Å². The zero-order valence-electron chi connectivity index (χ0n) is 18.2. The molecule has 0 saturated heterocycles. The molecule has 1 N–H and O–H groups in total. The third-order valence-corrected chi connectivity index (χ3v) is 5.26. The monoisotopic (exact) mass is 412 g/mol. The number of hydrogen-bond donors (Lipinski definition) is 1. The standard InChI is InChI=1S/C27H28N2O2/c1-20-14-16-23(17-15-20)18-19-26(30)29(22(3)25-12-8-5-9-13-25)27(31)28-21(2)24-10-6-4-7-11-24/h4-19,21-22H,1-3H3,(H,28,31)/b19-18+/t21-,22-/m0/s1. The summed E-state index contributed by atoms with van der Waals surface area (Å²) in [5.74, 6) is -0.366. The average molecular weight is 413 g/mol. The van der Waals surface area contributed by atoms with Crippen LogP contribution < -0.4 is 5.32 Å². The van der Waals surface area contributed by atoms with Gasteiger partial charge < -0.3 is 5.32 Å². The highest BCUT2D eigenvalue weighted by Gasteiger charge is 2.27. The predicted octanol–water partition coefficient (Wildman–Crippen LogP) is 6.07. The highest BCUT2D eigenvalue weighted by molar-refractivity contribution is 6.02. The topological polar surface area (TPSA) is 49.4 Å². The number of carbonyl (C=O) groups is 2. The van der Waals surface area contributed by atoms with Gasteiger partial charge in [0.15, 0.2) is 0 Å². The Morgan fingerprint density at radius 2 is 1.35 bits per heavy atom. The van der Waals surface area contributed by atoms with Crippen molar-refractivity contribution in [3.8, 4) is 0 Å². The number of urea groups is 1. The SMILES string of the molecule is Cc1ccc(/C=C/C(=O)N(C(=O)N[C@@H](C)c2ccccc2)[C@@H](C)c2ccccc2)cc1.